The summed E-state index contributed by atoms with van der Waals surface area (Å²) >= 11 is 0. The van der Waals surface area contributed by atoms with Gasteiger partial charge in [-0.1, -0.05) is 0 Å². The van der Waals surface area contributed by atoms with Crippen LogP contribution in [0.5, 0.6) is 0 Å². The van der Waals surface area contributed by atoms with Gasteiger partial charge in [-0.15, -0.1) is 0 Å². The molecular formula is C16H22N2O2. The lowest BCUT2D eigenvalue weighted by Gasteiger charge is -2.39. The van der Waals surface area contributed by atoms with Crippen LogP contribution in [0.15, 0.2) is 18.3 Å². The van der Waals surface area contributed by atoms with Crippen LogP contribution in [0.4, 0.5) is 5.82 Å². The van der Waals surface area contributed by atoms with Crippen LogP contribution < -0.4 is 4.90 Å². The largest absolute Gasteiger partial charge is 0.381 e. The van der Waals surface area contributed by atoms with E-state index in [1.54, 1.807) is 13.1 Å². The summed E-state index contributed by atoms with van der Waals surface area (Å²) in [6, 6.07) is 4.35. The number of aromatic nitrogens is 1. The lowest BCUT2D eigenvalue weighted by atomic mass is 9.74. The number of hydrogen-bond donors (Lipinski definition) is 0. The standard InChI is InChI=1S/C16H22N2O2/c1-12(19)14-3-4-15(17-11-14)18-8-5-16(13(18)2)6-9-20-10-7-16/h3-4,11,13H,5-10H2,1-2H3/t13-/m0/s1. The van der Waals surface area contributed by atoms with E-state index in [-0.39, 0.29) is 5.78 Å². The first-order chi connectivity index (χ1) is 9.62. The molecule has 1 aromatic heterocycles. The van der Waals surface area contributed by atoms with E-state index in [9.17, 15) is 4.79 Å². The zero-order chi connectivity index (χ0) is 14.2. The van der Waals surface area contributed by atoms with Gasteiger partial charge in [0.1, 0.15) is 5.82 Å². The minimum atomic E-state index is 0.0689. The highest BCUT2D eigenvalue weighted by Crippen LogP contribution is 2.45. The van der Waals surface area contributed by atoms with Crippen molar-refractivity contribution in [1.82, 2.24) is 4.98 Å². The number of Topliss-reactive ketones (excluding diaryl/α,β-unsaturated/α-hetero) is 1. The molecule has 108 valence electrons. The lowest BCUT2D eigenvalue weighted by Crippen LogP contribution is -2.41. The van der Waals surface area contributed by atoms with Crippen molar-refractivity contribution in [2.75, 3.05) is 24.7 Å². The predicted molar refractivity (Wildman–Crippen MR) is 78.2 cm³/mol. The van der Waals surface area contributed by atoms with Crippen molar-refractivity contribution in [2.45, 2.75) is 39.2 Å². The highest BCUT2D eigenvalue weighted by atomic mass is 16.5. The molecule has 0 amide bonds. The Bertz CT molecular complexity index is 492. The van der Waals surface area contributed by atoms with Crippen LogP contribution in [-0.4, -0.2) is 36.6 Å². The maximum Gasteiger partial charge on any atom is 0.161 e. The van der Waals surface area contributed by atoms with Gasteiger partial charge in [0.15, 0.2) is 5.78 Å². The zero-order valence-corrected chi connectivity index (χ0v) is 12.3. The molecule has 0 saturated carbocycles. The molecule has 0 unspecified atom stereocenters. The molecule has 2 fully saturated rings. The van der Waals surface area contributed by atoms with E-state index < -0.39 is 0 Å². The van der Waals surface area contributed by atoms with E-state index in [2.05, 4.69) is 16.8 Å². The molecule has 0 bridgehead atoms. The molecule has 3 heterocycles. The normalized spacial score (nSPS) is 25.1. The Labute approximate surface area is 120 Å². The van der Waals surface area contributed by atoms with Crippen LogP contribution in [0.1, 0.15) is 43.5 Å². The van der Waals surface area contributed by atoms with Crippen molar-refractivity contribution in [1.29, 1.82) is 0 Å². The Hall–Kier alpha value is -1.42. The van der Waals surface area contributed by atoms with Gasteiger partial charge in [0.2, 0.25) is 0 Å². The fourth-order valence-corrected chi connectivity index (χ4v) is 3.60. The Morgan fingerprint density at radius 1 is 1.35 bits per heavy atom. The van der Waals surface area contributed by atoms with Crippen molar-refractivity contribution < 1.29 is 9.53 Å². The van der Waals surface area contributed by atoms with Gasteiger partial charge in [0.05, 0.1) is 0 Å². The molecule has 0 aromatic carbocycles. The third kappa shape index (κ3) is 2.22. The monoisotopic (exact) mass is 274 g/mol. The van der Waals surface area contributed by atoms with E-state index in [1.165, 1.54) is 6.42 Å². The summed E-state index contributed by atoms with van der Waals surface area (Å²) in [5, 5.41) is 0. The van der Waals surface area contributed by atoms with Crippen LogP contribution in [0.25, 0.3) is 0 Å². The average Bonchev–Trinajstić information content (AvgIpc) is 2.77. The number of ether oxygens (including phenoxy) is 1. The van der Waals surface area contributed by atoms with Crippen LogP contribution in [0.3, 0.4) is 0 Å². The number of rotatable bonds is 2. The number of ketones is 1. The van der Waals surface area contributed by atoms with Gasteiger partial charge in [-0.25, -0.2) is 4.98 Å². The second-order valence-corrected chi connectivity index (χ2v) is 6.06. The molecular weight excluding hydrogens is 252 g/mol. The van der Waals surface area contributed by atoms with Gasteiger partial charge in [0.25, 0.3) is 0 Å². The van der Waals surface area contributed by atoms with E-state index in [4.69, 9.17) is 4.74 Å². The fourth-order valence-electron chi connectivity index (χ4n) is 3.60. The summed E-state index contributed by atoms with van der Waals surface area (Å²) < 4.78 is 5.52. The minimum Gasteiger partial charge on any atom is -0.381 e. The van der Waals surface area contributed by atoms with Gasteiger partial charge in [-0.3, -0.25) is 4.79 Å². The van der Waals surface area contributed by atoms with Crippen molar-refractivity contribution >= 4 is 11.6 Å². The smallest absolute Gasteiger partial charge is 0.161 e. The molecule has 20 heavy (non-hydrogen) atoms. The summed E-state index contributed by atoms with van der Waals surface area (Å²) in [7, 11) is 0. The zero-order valence-electron chi connectivity index (χ0n) is 12.3. The summed E-state index contributed by atoms with van der Waals surface area (Å²) in [5.41, 5.74) is 1.07. The first-order valence-corrected chi connectivity index (χ1v) is 7.44. The van der Waals surface area contributed by atoms with E-state index in [1.807, 2.05) is 12.1 Å². The molecule has 1 atom stereocenters. The SMILES string of the molecule is CC(=O)c1ccc(N2CCC3(CCOCC3)[C@@H]2C)nc1. The molecule has 3 rings (SSSR count). The number of carbonyl (C=O) groups excluding carboxylic acids is 1. The molecule has 4 nitrogen and oxygen atoms in total. The topological polar surface area (TPSA) is 42.4 Å². The summed E-state index contributed by atoms with van der Waals surface area (Å²) in [5.74, 6) is 1.06. The molecule has 2 aliphatic heterocycles. The highest BCUT2D eigenvalue weighted by Gasteiger charge is 2.45. The molecule has 1 aromatic rings. The van der Waals surface area contributed by atoms with Crippen molar-refractivity contribution in [3.05, 3.63) is 23.9 Å². The van der Waals surface area contributed by atoms with E-state index in [0.29, 0.717) is 17.0 Å². The molecule has 0 aliphatic carbocycles. The molecule has 2 saturated heterocycles. The highest BCUT2D eigenvalue weighted by molar-refractivity contribution is 5.93. The lowest BCUT2D eigenvalue weighted by molar-refractivity contribution is 0.0128. The second kappa shape index (κ2) is 5.17. The Balaban J connectivity index is 1.79. The van der Waals surface area contributed by atoms with E-state index in [0.717, 1.165) is 38.4 Å². The van der Waals surface area contributed by atoms with Crippen LogP contribution in [0.2, 0.25) is 0 Å². The molecule has 2 aliphatic rings. The van der Waals surface area contributed by atoms with Crippen molar-refractivity contribution in [3.63, 3.8) is 0 Å². The average molecular weight is 274 g/mol. The van der Waals surface area contributed by atoms with Gasteiger partial charge in [-0.05, 0) is 50.7 Å². The first kappa shape index (κ1) is 13.6. The van der Waals surface area contributed by atoms with Crippen molar-refractivity contribution in [3.8, 4) is 0 Å². The predicted octanol–water partition coefficient (Wildman–Crippen LogP) is 2.68. The van der Waals surface area contributed by atoms with E-state index >= 15 is 0 Å². The summed E-state index contributed by atoms with van der Waals surface area (Å²) in [6.45, 7) is 6.70. The maximum absolute atomic E-state index is 11.3. The van der Waals surface area contributed by atoms with Gasteiger partial charge in [-0.2, -0.15) is 0 Å². The van der Waals surface area contributed by atoms with Crippen LogP contribution in [0, 0.1) is 5.41 Å². The van der Waals surface area contributed by atoms with Gasteiger partial charge >= 0.3 is 0 Å². The van der Waals surface area contributed by atoms with Crippen LogP contribution in [-0.2, 0) is 4.74 Å². The maximum atomic E-state index is 11.3. The summed E-state index contributed by atoms with van der Waals surface area (Å²) in [6.07, 6.45) is 5.21. The number of hydrogen-bond acceptors (Lipinski definition) is 4. The molecule has 4 heteroatoms. The molecule has 0 N–H and O–H groups in total. The van der Waals surface area contributed by atoms with Crippen molar-refractivity contribution in [2.24, 2.45) is 5.41 Å². The van der Waals surface area contributed by atoms with Crippen LogP contribution >= 0.6 is 0 Å². The molecule has 0 radical (unpaired) electrons. The number of pyridine rings is 1. The van der Waals surface area contributed by atoms with Gasteiger partial charge < -0.3 is 9.64 Å². The summed E-state index contributed by atoms with van der Waals surface area (Å²) in [4.78, 5) is 18.2. The third-order valence-corrected chi connectivity index (χ3v) is 5.14. The fraction of sp³-hybridized carbons (Fsp3) is 0.625. The second-order valence-electron chi connectivity index (χ2n) is 6.06. The minimum absolute atomic E-state index is 0.0689. The molecule has 1 spiro atoms. The Morgan fingerprint density at radius 3 is 2.70 bits per heavy atom. The quantitative estimate of drug-likeness (QED) is 0.778. The number of nitrogens with zero attached hydrogens (tertiary/aromatic N) is 2. The Morgan fingerprint density at radius 2 is 2.10 bits per heavy atom. The number of anilines is 1. The van der Waals surface area contributed by atoms with Gasteiger partial charge in [0, 0.05) is 37.6 Å². The Kier molecular flexibility index (Phi) is 3.50. The number of carbonyl (C=O) groups is 1. The third-order valence-electron chi connectivity index (χ3n) is 5.14. The first-order valence-electron chi connectivity index (χ1n) is 7.44.